The van der Waals surface area contributed by atoms with E-state index in [0.29, 0.717) is 26.2 Å². The van der Waals surface area contributed by atoms with E-state index in [0.717, 1.165) is 5.56 Å². The van der Waals surface area contributed by atoms with E-state index in [2.05, 4.69) is 0 Å². The van der Waals surface area contributed by atoms with E-state index >= 15 is 0 Å². The van der Waals surface area contributed by atoms with E-state index in [1.807, 2.05) is 4.90 Å². The number of imide groups is 1. The van der Waals surface area contributed by atoms with Crippen molar-refractivity contribution in [2.75, 3.05) is 26.2 Å². The summed E-state index contributed by atoms with van der Waals surface area (Å²) in [5.74, 6) is -0.513. The summed E-state index contributed by atoms with van der Waals surface area (Å²) in [6.45, 7) is 3.87. The summed E-state index contributed by atoms with van der Waals surface area (Å²) in [6, 6.07) is 5.81. The lowest BCUT2D eigenvalue weighted by atomic mass is 10.1. The number of rotatable bonds is 3. The molecule has 22 heavy (non-hydrogen) atoms. The lowest BCUT2D eigenvalue weighted by Crippen LogP contribution is -2.48. The Balaban J connectivity index is 1.72. The monoisotopic (exact) mass is 306 g/mol. The molecule has 0 radical (unpaired) electrons. The average Bonchev–Trinajstić information content (AvgIpc) is 2.82. The molecule has 2 saturated heterocycles. The number of carbonyl (C=O) groups excluding carboxylic acids is 2. The number of morpholine rings is 1. The maximum atomic E-state index is 13.0. The zero-order chi connectivity index (χ0) is 15.7. The fraction of sp³-hybridized carbons (Fsp3) is 0.500. The predicted octanol–water partition coefficient (Wildman–Crippen LogP) is 1.35. The topological polar surface area (TPSA) is 49.9 Å². The molecule has 3 rings (SSSR count). The van der Waals surface area contributed by atoms with Crippen LogP contribution in [-0.2, 0) is 14.3 Å². The highest BCUT2D eigenvalue weighted by Gasteiger charge is 2.42. The second-order valence-corrected chi connectivity index (χ2v) is 5.60. The predicted molar refractivity (Wildman–Crippen MR) is 77.5 cm³/mol. The molecule has 118 valence electrons. The Labute approximate surface area is 128 Å². The summed E-state index contributed by atoms with van der Waals surface area (Å²) in [7, 11) is 0. The second kappa shape index (κ2) is 6.14. The number of halogens is 1. The van der Waals surface area contributed by atoms with Crippen molar-refractivity contribution >= 4 is 11.8 Å². The van der Waals surface area contributed by atoms with Crippen LogP contribution in [0.15, 0.2) is 24.3 Å². The Bertz CT molecular complexity index is 575. The van der Waals surface area contributed by atoms with Crippen LogP contribution < -0.4 is 0 Å². The number of likely N-dealkylation sites (N-methyl/N-ethyl adjacent to an activating group) is 1. The first-order valence-corrected chi connectivity index (χ1v) is 7.55. The molecule has 0 bridgehead atoms. The molecule has 2 fully saturated rings. The van der Waals surface area contributed by atoms with Gasteiger partial charge in [0.2, 0.25) is 11.8 Å². The van der Waals surface area contributed by atoms with E-state index in [1.54, 1.807) is 19.1 Å². The molecule has 1 aromatic rings. The highest BCUT2D eigenvalue weighted by Crippen LogP contribution is 2.27. The van der Waals surface area contributed by atoms with Gasteiger partial charge in [-0.25, -0.2) is 4.39 Å². The van der Waals surface area contributed by atoms with Crippen LogP contribution in [0.4, 0.5) is 4.39 Å². The maximum absolute atomic E-state index is 13.0. The largest absolute Gasteiger partial charge is 0.371 e. The molecule has 2 amide bonds. The number of carbonyl (C=O) groups is 2. The van der Waals surface area contributed by atoms with E-state index in [1.165, 1.54) is 17.0 Å². The molecule has 0 unspecified atom stereocenters. The Hall–Kier alpha value is -1.79. The maximum Gasteiger partial charge on any atom is 0.247 e. The van der Waals surface area contributed by atoms with Gasteiger partial charge >= 0.3 is 0 Å². The van der Waals surface area contributed by atoms with Crippen LogP contribution in [0.5, 0.6) is 0 Å². The van der Waals surface area contributed by atoms with Crippen molar-refractivity contribution in [2.45, 2.75) is 25.5 Å². The molecular formula is C16H19FN2O3. The zero-order valence-electron chi connectivity index (χ0n) is 12.5. The van der Waals surface area contributed by atoms with Gasteiger partial charge in [-0.2, -0.15) is 0 Å². The van der Waals surface area contributed by atoms with Crippen molar-refractivity contribution in [3.63, 3.8) is 0 Å². The highest BCUT2D eigenvalue weighted by atomic mass is 19.1. The minimum Gasteiger partial charge on any atom is -0.371 e. The summed E-state index contributed by atoms with van der Waals surface area (Å²) in [5.41, 5.74) is 0.884. The molecule has 5 nitrogen and oxygen atoms in total. The van der Waals surface area contributed by atoms with Gasteiger partial charge in [0, 0.05) is 19.6 Å². The van der Waals surface area contributed by atoms with Crippen molar-refractivity contribution in [1.82, 2.24) is 9.80 Å². The standard InChI is InChI=1S/C16H19FN2O3/c1-2-19-15(20)9-13(16(19)21)18-7-8-22-14(10-18)11-3-5-12(17)6-4-11/h3-6,13-14H,2,7-10H2,1H3/t13-,14+/m0/s1. The van der Waals surface area contributed by atoms with E-state index in [9.17, 15) is 14.0 Å². The first kappa shape index (κ1) is 15.1. The number of amides is 2. The SMILES string of the molecule is CCN1C(=O)C[C@H](N2CCO[C@@H](c3ccc(F)cc3)C2)C1=O. The molecule has 0 N–H and O–H groups in total. The van der Waals surface area contributed by atoms with Crippen molar-refractivity contribution < 1.29 is 18.7 Å². The van der Waals surface area contributed by atoms with Crippen LogP contribution in [0, 0.1) is 5.82 Å². The van der Waals surface area contributed by atoms with Gasteiger partial charge in [0.25, 0.3) is 0 Å². The smallest absolute Gasteiger partial charge is 0.247 e. The van der Waals surface area contributed by atoms with Gasteiger partial charge in [0.05, 0.1) is 25.2 Å². The molecule has 0 saturated carbocycles. The number of benzene rings is 1. The first-order chi connectivity index (χ1) is 10.6. The van der Waals surface area contributed by atoms with Crippen LogP contribution in [0.2, 0.25) is 0 Å². The molecule has 2 atom stereocenters. The number of hydrogen-bond acceptors (Lipinski definition) is 4. The molecule has 0 spiro atoms. The van der Waals surface area contributed by atoms with Gasteiger partial charge in [-0.05, 0) is 24.6 Å². The lowest BCUT2D eigenvalue weighted by molar-refractivity contribution is -0.140. The second-order valence-electron chi connectivity index (χ2n) is 5.60. The van der Waals surface area contributed by atoms with E-state index in [4.69, 9.17) is 4.74 Å². The van der Waals surface area contributed by atoms with Crippen LogP contribution >= 0.6 is 0 Å². The van der Waals surface area contributed by atoms with Crippen molar-refractivity contribution in [2.24, 2.45) is 0 Å². The van der Waals surface area contributed by atoms with Gasteiger partial charge in [-0.15, -0.1) is 0 Å². The molecule has 2 heterocycles. The quantitative estimate of drug-likeness (QED) is 0.791. The normalized spacial score (nSPS) is 26.7. The number of nitrogens with zero attached hydrogens (tertiary/aromatic N) is 2. The average molecular weight is 306 g/mol. The fourth-order valence-electron chi connectivity index (χ4n) is 3.11. The Morgan fingerprint density at radius 1 is 1.27 bits per heavy atom. The summed E-state index contributed by atoms with van der Waals surface area (Å²) in [6.07, 6.45) is 0.0379. The first-order valence-electron chi connectivity index (χ1n) is 7.55. The van der Waals surface area contributed by atoms with Crippen LogP contribution in [0.25, 0.3) is 0 Å². The number of likely N-dealkylation sites (tertiary alicyclic amines) is 1. The van der Waals surface area contributed by atoms with Crippen LogP contribution in [0.3, 0.4) is 0 Å². The Kier molecular flexibility index (Phi) is 4.22. The molecular weight excluding hydrogens is 287 g/mol. The molecule has 2 aliphatic heterocycles. The molecule has 0 aliphatic carbocycles. The van der Waals surface area contributed by atoms with Crippen molar-refractivity contribution in [3.8, 4) is 0 Å². The van der Waals surface area contributed by atoms with Gasteiger partial charge in [0.1, 0.15) is 5.82 Å². The third kappa shape index (κ3) is 2.76. The summed E-state index contributed by atoms with van der Waals surface area (Å²) >= 11 is 0. The van der Waals surface area contributed by atoms with E-state index in [-0.39, 0.29) is 36.2 Å². The fourth-order valence-corrected chi connectivity index (χ4v) is 3.11. The molecule has 1 aromatic carbocycles. The number of hydrogen-bond donors (Lipinski definition) is 0. The van der Waals surface area contributed by atoms with Crippen molar-refractivity contribution in [3.05, 3.63) is 35.6 Å². The third-order valence-electron chi connectivity index (χ3n) is 4.32. The Morgan fingerprint density at radius 2 is 2.00 bits per heavy atom. The summed E-state index contributed by atoms with van der Waals surface area (Å²) < 4.78 is 18.7. The van der Waals surface area contributed by atoms with Gasteiger partial charge in [-0.3, -0.25) is 19.4 Å². The van der Waals surface area contributed by atoms with Crippen LogP contribution in [-0.4, -0.2) is 53.9 Å². The van der Waals surface area contributed by atoms with Gasteiger partial charge in [-0.1, -0.05) is 12.1 Å². The third-order valence-corrected chi connectivity index (χ3v) is 4.32. The van der Waals surface area contributed by atoms with Gasteiger partial charge in [0.15, 0.2) is 0 Å². The minimum absolute atomic E-state index is 0.109. The van der Waals surface area contributed by atoms with Crippen LogP contribution in [0.1, 0.15) is 25.0 Å². The number of ether oxygens (including phenoxy) is 1. The van der Waals surface area contributed by atoms with E-state index < -0.39 is 0 Å². The zero-order valence-corrected chi connectivity index (χ0v) is 12.5. The highest BCUT2D eigenvalue weighted by molar-refractivity contribution is 6.05. The summed E-state index contributed by atoms with van der Waals surface area (Å²) in [4.78, 5) is 27.5. The van der Waals surface area contributed by atoms with Crippen molar-refractivity contribution in [1.29, 1.82) is 0 Å². The molecule has 2 aliphatic rings. The Morgan fingerprint density at radius 3 is 2.64 bits per heavy atom. The van der Waals surface area contributed by atoms with Gasteiger partial charge < -0.3 is 4.74 Å². The lowest BCUT2D eigenvalue weighted by Gasteiger charge is -2.35. The molecule has 0 aromatic heterocycles. The molecule has 6 heteroatoms. The minimum atomic E-state index is -0.390. The summed E-state index contributed by atoms with van der Waals surface area (Å²) in [5, 5.41) is 0.